The predicted octanol–water partition coefficient (Wildman–Crippen LogP) is 3.07. The maximum atomic E-state index is 10.8. The Labute approximate surface area is 103 Å². The molecule has 0 bridgehead atoms. The molecule has 16 heavy (non-hydrogen) atoms. The molecule has 86 valence electrons. The number of carbonyl (C=O) groups excluding carboxylic acids is 1. The van der Waals surface area contributed by atoms with Gasteiger partial charge in [-0.3, -0.25) is 0 Å². The zero-order valence-electron chi connectivity index (χ0n) is 8.75. The second kappa shape index (κ2) is 5.72. The molecule has 0 fully saturated rings. The Kier molecular flexibility index (Phi) is 4.58. The van der Waals surface area contributed by atoms with Gasteiger partial charge in [0.1, 0.15) is 0 Å². The number of hydrogen-bond acceptors (Lipinski definition) is 3. The fourth-order valence-electron chi connectivity index (χ4n) is 0.961. The Morgan fingerprint density at radius 3 is 2.62 bits per heavy atom. The number of ether oxygens (including phenoxy) is 1. The predicted molar refractivity (Wildman–Crippen MR) is 64.2 cm³/mol. The third-order valence-corrected chi connectivity index (χ3v) is 2.58. The molecule has 1 amide bonds. The summed E-state index contributed by atoms with van der Waals surface area (Å²) < 4.78 is 4.38. The summed E-state index contributed by atoms with van der Waals surface area (Å²) >= 11 is 11.6. The molecular weight excluding hydrogens is 251 g/mol. The van der Waals surface area contributed by atoms with Gasteiger partial charge in [-0.25, -0.2) is 10.2 Å². The molecule has 0 unspecified atom stereocenters. The van der Waals surface area contributed by atoms with Crippen LogP contribution in [0.1, 0.15) is 12.5 Å². The zero-order valence-corrected chi connectivity index (χ0v) is 10.3. The minimum atomic E-state index is -0.626. The molecule has 6 heteroatoms. The minimum Gasteiger partial charge on any atom is -0.452 e. The summed E-state index contributed by atoms with van der Waals surface area (Å²) in [5, 5.41) is 4.73. The lowest BCUT2D eigenvalue weighted by Gasteiger charge is -2.03. The van der Waals surface area contributed by atoms with E-state index in [1.54, 1.807) is 25.1 Å². The molecule has 0 saturated carbocycles. The van der Waals surface area contributed by atoms with E-state index < -0.39 is 6.09 Å². The first-order chi connectivity index (χ1) is 7.54. The quantitative estimate of drug-likeness (QED) is 0.657. The SMILES string of the molecule is COC(=O)N/N=C(\C)c1ccc(Cl)c(Cl)c1. The van der Waals surface area contributed by atoms with Gasteiger partial charge in [0, 0.05) is 0 Å². The van der Waals surface area contributed by atoms with Crippen LogP contribution in [0.25, 0.3) is 0 Å². The van der Waals surface area contributed by atoms with Crippen molar-refractivity contribution in [3.05, 3.63) is 33.8 Å². The van der Waals surface area contributed by atoms with E-state index in [0.717, 1.165) is 5.56 Å². The number of nitrogens with zero attached hydrogens (tertiary/aromatic N) is 1. The standard InChI is InChI=1S/C10H10Cl2N2O2/c1-6(13-14-10(15)16-2)7-3-4-8(11)9(12)5-7/h3-5H,1-2H3,(H,14,15)/b13-6+. The summed E-state index contributed by atoms with van der Waals surface area (Å²) in [4.78, 5) is 10.8. The van der Waals surface area contributed by atoms with E-state index in [9.17, 15) is 4.79 Å². The molecule has 1 N–H and O–H groups in total. The molecule has 0 radical (unpaired) electrons. The van der Waals surface area contributed by atoms with Crippen molar-refractivity contribution in [2.24, 2.45) is 5.10 Å². The minimum absolute atomic E-state index is 0.437. The fourth-order valence-corrected chi connectivity index (χ4v) is 1.26. The maximum absolute atomic E-state index is 10.8. The van der Waals surface area contributed by atoms with Crippen LogP contribution in [0.4, 0.5) is 4.79 Å². The highest BCUT2D eigenvalue weighted by molar-refractivity contribution is 6.42. The van der Waals surface area contributed by atoms with Crippen LogP contribution in [0.2, 0.25) is 10.0 Å². The molecule has 1 aromatic carbocycles. The molecule has 4 nitrogen and oxygen atoms in total. The van der Waals surface area contributed by atoms with Crippen LogP contribution in [-0.2, 0) is 4.74 Å². The fraction of sp³-hybridized carbons (Fsp3) is 0.200. The number of nitrogens with one attached hydrogen (secondary N) is 1. The number of carbonyl (C=O) groups is 1. The van der Waals surface area contributed by atoms with Crippen molar-refractivity contribution in [3.8, 4) is 0 Å². The van der Waals surface area contributed by atoms with Gasteiger partial charge in [0.05, 0.1) is 22.9 Å². The number of hydrazone groups is 1. The highest BCUT2D eigenvalue weighted by atomic mass is 35.5. The average Bonchev–Trinajstić information content (AvgIpc) is 2.29. The van der Waals surface area contributed by atoms with Crippen LogP contribution < -0.4 is 5.43 Å². The Bertz CT molecular complexity index is 433. The van der Waals surface area contributed by atoms with Gasteiger partial charge in [0.2, 0.25) is 0 Å². The summed E-state index contributed by atoms with van der Waals surface area (Å²) in [5.74, 6) is 0. The lowest BCUT2D eigenvalue weighted by atomic mass is 10.1. The molecule has 0 heterocycles. The van der Waals surface area contributed by atoms with Gasteiger partial charge in [-0.2, -0.15) is 5.10 Å². The number of amides is 1. The second-order valence-corrected chi connectivity index (χ2v) is 3.74. The summed E-state index contributed by atoms with van der Waals surface area (Å²) in [5.41, 5.74) is 3.59. The van der Waals surface area contributed by atoms with Crippen molar-refractivity contribution in [3.63, 3.8) is 0 Å². The number of methoxy groups -OCH3 is 1. The molecule has 0 atom stereocenters. The Morgan fingerprint density at radius 1 is 1.38 bits per heavy atom. The lowest BCUT2D eigenvalue weighted by molar-refractivity contribution is 0.171. The van der Waals surface area contributed by atoms with Gasteiger partial charge in [0.25, 0.3) is 0 Å². The third kappa shape index (κ3) is 3.40. The topological polar surface area (TPSA) is 50.7 Å². The Morgan fingerprint density at radius 2 is 2.06 bits per heavy atom. The zero-order chi connectivity index (χ0) is 12.1. The van der Waals surface area contributed by atoms with Gasteiger partial charge in [-0.05, 0) is 24.6 Å². The van der Waals surface area contributed by atoms with Gasteiger partial charge < -0.3 is 4.74 Å². The molecule has 0 aliphatic carbocycles. The third-order valence-electron chi connectivity index (χ3n) is 1.84. The number of benzene rings is 1. The van der Waals surface area contributed by atoms with Gasteiger partial charge >= 0.3 is 6.09 Å². The second-order valence-electron chi connectivity index (χ2n) is 2.93. The molecular formula is C10H10Cl2N2O2. The lowest BCUT2D eigenvalue weighted by Crippen LogP contribution is -2.18. The van der Waals surface area contributed by atoms with Crippen molar-refractivity contribution >= 4 is 35.0 Å². The van der Waals surface area contributed by atoms with E-state index in [1.807, 2.05) is 0 Å². The van der Waals surface area contributed by atoms with E-state index in [1.165, 1.54) is 7.11 Å². The van der Waals surface area contributed by atoms with Gasteiger partial charge in [-0.15, -0.1) is 0 Å². The van der Waals surface area contributed by atoms with Crippen LogP contribution >= 0.6 is 23.2 Å². The number of hydrogen-bond donors (Lipinski definition) is 1. The van der Waals surface area contributed by atoms with Gasteiger partial charge in [-0.1, -0.05) is 29.3 Å². The summed E-state index contributed by atoms with van der Waals surface area (Å²) in [6.45, 7) is 1.73. The molecule has 1 rings (SSSR count). The molecule has 0 aliphatic heterocycles. The van der Waals surface area contributed by atoms with Crippen LogP contribution in [0.5, 0.6) is 0 Å². The van der Waals surface area contributed by atoms with Gasteiger partial charge in [0.15, 0.2) is 0 Å². The van der Waals surface area contributed by atoms with E-state index >= 15 is 0 Å². The first-order valence-electron chi connectivity index (χ1n) is 4.38. The van der Waals surface area contributed by atoms with Crippen molar-refractivity contribution in [2.45, 2.75) is 6.92 Å². The highest BCUT2D eigenvalue weighted by Gasteiger charge is 2.03. The van der Waals surface area contributed by atoms with E-state index in [-0.39, 0.29) is 0 Å². The van der Waals surface area contributed by atoms with Crippen LogP contribution in [0.15, 0.2) is 23.3 Å². The molecule has 0 spiro atoms. The average molecular weight is 261 g/mol. The van der Waals surface area contributed by atoms with E-state index in [4.69, 9.17) is 23.2 Å². The summed E-state index contributed by atoms with van der Waals surface area (Å²) in [6.07, 6.45) is -0.626. The number of rotatable bonds is 2. The normalized spacial score (nSPS) is 11.1. The first kappa shape index (κ1) is 12.8. The Balaban J connectivity index is 2.83. The maximum Gasteiger partial charge on any atom is 0.427 e. The summed E-state index contributed by atoms with van der Waals surface area (Å²) in [6, 6.07) is 5.09. The van der Waals surface area contributed by atoms with Crippen LogP contribution in [-0.4, -0.2) is 18.9 Å². The number of halogens is 2. The molecule has 0 saturated heterocycles. The van der Waals surface area contributed by atoms with Crippen LogP contribution in [0.3, 0.4) is 0 Å². The monoisotopic (exact) mass is 260 g/mol. The van der Waals surface area contributed by atoms with Crippen molar-refractivity contribution < 1.29 is 9.53 Å². The van der Waals surface area contributed by atoms with Crippen molar-refractivity contribution in [1.29, 1.82) is 0 Å². The molecule has 0 aliphatic rings. The smallest absolute Gasteiger partial charge is 0.427 e. The van der Waals surface area contributed by atoms with E-state index in [0.29, 0.717) is 15.8 Å². The Hall–Kier alpha value is -1.26. The van der Waals surface area contributed by atoms with Crippen molar-refractivity contribution in [1.82, 2.24) is 5.43 Å². The van der Waals surface area contributed by atoms with Crippen LogP contribution in [0, 0.1) is 0 Å². The first-order valence-corrected chi connectivity index (χ1v) is 5.14. The highest BCUT2D eigenvalue weighted by Crippen LogP contribution is 2.22. The van der Waals surface area contributed by atoms with Crippen molar-refractivity contribution in [2.75, 3.05) is 7.11 Å². The largest absolute Gasteiger partial charge is 0.452 e. The molecule has 0 aromatic heterocycles. The molecule has 1 aromatic rings. The summed E-state index contributed by atoms with van der Waals surface area (Å²) in [7, 11) is 1.26. The van der Waals surface area contributed by atoms with E-state index in [2.05, 4.69) is 15.3 Å².